The number of nitrogens with zero attached hydrogens (tertiary/aromatic N) is 2. The zero-order valence-corrected chi connectivity index (χ0v) is 31.4. The summed E-state index contributed by atoms with van der Waals surface area (Å²) in [4.78, 5) is 13.4. The Morgan fingerprint density at radius 3 is 1.95 bits per heavy atom. The molecule has 1 aliphatic rings. The Labute approximate surface area is 273 Å². The van der Waals surface area contributed by atoms with Crippen molar-refractivity contribution in [3.8, 4) is 17.6 Å². The van der Waals surface area contributed by atoms with E-state index in [0.29, 0.717) is 6.42 Å². The highest BCUT2D eigenvalue weighted by molar-refractivity contribution is 7.42. The number of fused-ring (bicyclic) bond motifs is 1. The quantitative estimate of drug-likeness (QED) is 0.142. The van der Waals surface area contributed by atoms with Crippen molar-refractivity contribution in [2.75, 3.05) is 0 Å². The number of nitriles is 1. The molecule has 0 saturated carbocycles. The average Bonchev–Trinajstić information content (AvgIpc) is 2.92. The zero-order valence-electron chi connectivity index (χ0n) is 30.5. The van der Waals surface area contributed by atoms with Crippen LogP contribution in [0.2, 0.25) is 0 Å². The fraction of sp³-hybridized carbons (Fsp3) is 0.816. The number of ether oxygens (including phenoxy) is 1. The summed E-state index contributed by atoms with van der Waals surface area (Å²) in [5.41, 5.74) is 3.95. The Hall–Kier alpha value is -1.34. The second-order valence-corrected chi connectivity index (χ2v) is 16.4. The summed E-state index contributed by atoms with van der Waals surface area (Å²) < 4.78 is 15.2. The standard InChI is InChI=1S/C38H66N2O3P/c1-26(2)17-13-18-29(7)19-14-20-30(8)21-15-23-38(12)34(22-16-24-39)25-35-33(11)36(31(9)32(10)37(35)42-38)43-44(41)40(27(3)4)28(5)6/h26-30,34H,13-23,25H2,1-12H3/q-1. The minimum absolute atomic E-state index is 0.114. The van der Waals surface area contributed by atoms with Crippen molar-refractivity contribution in [2.24, 2.45) is 23.7 Å². The van der Waals surface area contributed by atoms with Gasteiger partial charge in [0.25, 0.3) is 0 Å². The molecule has 0 spiro atoms. The van der Waals surface area contributed by atoms with E-state index >= 15 is 0 Å². The van der Waals surface area contributed by atoms with Gasteiger partial charge in [-0.2, -0.15) is 5.26 Å². The average molecular weight is 630 g/mol. The third kappa shape index (κ3) is 10.9. The summed E-state index contributed by atoms with van der Waals surface area (Å²) in [6, 6.07) is 2.61. The maximum atomic E-state index is 13.4. The smallest absolute Gasteiger partial charge is 0.130 e. The summed E-state index contributed by atoms with van der Waals surface area (Å²) in [5, 5.41) is 9.48. The SMILES string of the molecule is Cc1c(C)c2c(c(C)c1OP([O-])N(C(C)C)C(C)C)CC(CCC#N)C(C)(CCCC(C)CCCC(C)CCCC(C)C)O2. The Morgan fingerprint density at radius 2 is 1.43 bits per heavy atom. The van der Waals surface area contributed by atoms with Crippen molar-refractivity contribution in [1.29, 1.82) is 5.26 Å². The van der Waals surface area contributed by atoms with Gasteiger partial charge in [0.05, 0.1) is 14.6 Å². The van der Waals surface area contributed by atoms with Crippen LogP contribution in [0.3, 0.4) is 0 Å². The second-order valence-electron chi connectivity index (χ2n) is 15.3. The van der Waals surface area contributed by atoms with Crippen LogP contribution in [0.25, 0.3) is 0 Å². The van der Waals surface area contributed by atoms with E-state index in [4.69, 9.17) is 9.26 Å². The molecule has 1 aromatic carbocycles. The van der Waals surface area contributed by atoms with Gasteiger partial charge >= 0.3 is 0 Å². The predicted molar refractivity (Wildman–Crippen MR) is 186 cm³/mol. The van der Waals surface area contributed by atoms with E-state index < -0.39 is 8.53 Å². The predicted octanol–water partition coefficient (Wildman–Crippen LogP) is 10.7. The van der Waals surface area contributed by atoms with Gasteiger partial charge in [0.2, 0.25) is 0 Å². The van der Waals surface area contributed by atoms with E-state index in [1.165, 1.54) is 44.9 Å². The van der Waals surface area contributed by atoms with Crippen LogP contribution in [0.5, 0.6) is 11.5 Å². The topological polar surface area (TPSA) is 68.5 Å². The minimum atomic E-state index is -2.03. The third-order valence-electron chi connectivity index (χ3n) is 10.2. The van der Waals surface area contributed by atoms with Gasteiger partial charge in [-0.05, 0) is 116 Å². The van der Waals surface area contributed by atoms with Crippen LogP contribution in [0, 0.1) is 55.8 Å². The highest BCUT2D eigenvalue weighted by atomic mass is 31.2. The lowest BCUT2D eigenvalue weighted by molar-refractivity contribution is -0.188. The molecule has 0 fully saturated rings. The van der Waals surface area contributed by atoms with Crippen LogP contribution in [-0.4, -0.2) is 22.4 Å². The van der Waals surface area contributed by atoms with Crippen molar-refractivity contribution in [2.45, 2.75) is 178 Å². The van der Waals surface area contributed by atoms with Gasteiger partial charge in [0.15, 0.2) is 0 Å². The first-order chi connectivity index (χ1) is 20.6. The first kappa shape index (κ1) is 38.8. The fourth-order valence-electron chi connectivity index (χ4n) is 7.23. The molecule has 44 heavy (non-hydrogen) atoms. The number of hydrogen-bond donors (Lipinski definition) is 0. The molecular formula is C38H66N2O3P-. The highest BCUT2D eigenvalue weighted by Crippen LogP contribution is 2.50. The lowest BCUT2D eigenvalue weighted by Gasteiger charge is -2.45. The molecule has 252 valence electrons. The van der Waals surface area contributed by atoms with Crippen LogP contribution < -0.4 is 14.2 Å². The molecule has 0 saturated heterocycles. The Kier molecular flexibility index (Phi) is 16.0. The molecule has 5 atom stereocenters. The molecule has 6 heteroatoms. The third-order valence-corrected chi connectivity index (χ3v) is 11.9. The maximum Gasteiger partial charge on any atom is 0.130 e. The van der Waals surface area contributed by atoms with Crippen LogP contribution in [-0.2, 0) is 6.42 Å². The molecule has 0 aliphatic carbocycles. The summed E-state index contributed by atoms with van der Waals surface area (Å²) in [5.74, 6) is 4.32. The normalized spacial score (nSPS) is 20.5. The van der Waals surface area contributed by atoms with E-state index in [1.807, 2.05) is 4.67 Å². The monoisotopic (exact) mass is 629 g/mol. The summed E-state index contributed by atoms with van der Waals surface area (Å²) in [7, 11) is -2.03. The molecular weight excluding hydrogens is 563 g/mol. The van der Waals surface area contributed by atoms with Crippen molar-refractivity contribution >= 4 is 8.53 Å². The molecule has 0 N–H and O–H groups in total. The Morgan fingerprint density at radius 1 is 0.886 bits per heavy atom. The summed E-state index contributed by atoms with van der Waals surface area (Å²) in [6.07, 6.45) is 13.6. The van der Waals surface area contributed by atoms with Crippen molar-refractivity contribution in [3.63, 3.8) is 0 Å². The lowest BCUT2D eigenvalue weighted by Crippen LogP contribution is -2.45. The van der Waals surface area contributed by atoms with Crippen LogP contribution in [0.15, 0.2) is 0 Å². The minimum Gasteiger partial charge on any atom is -0.786 e. The zero-order chi connectivity index (χ0) is 33.2. The van der Waals surface area contributed by atoms with Crippen LogP contribution in [0.1, 0.15) is 155 Å². The number of rotatable bonds is 19. The van der Waals surface area contributed by atoms with Gasteiger partial charge in [-0.3, -0.25) is 4.67 Å². The summed E-state index contributed by atoms with van der Waals surface area (Å²) >= 11 is 0. The molecule has 5 unspecified atom stereocenters. The molecule has 0 aromatic heterocycles. The molecule has 2 rings (SSSR count). The molecule has 1 aliphatic heterocycles. The summed E-state index contributed by atoms with van der Waals surface area (Å²) in [6.45, 7) is 26.2. The van der Waals surface area contributed by atoms with Crippen LogP contribution in [0.4, 0.5) is 0 Å². The molecule has 0 radical (unpaired) electrons. The number of benzene rings is 1. The van der Waals surface area contributed by atoms with Gasteiger partial charge in [-0.25, -0.2) is 0 Å². The van der Waals surface area contributed by atoms with Crippen molar-refractivity contribution < 1.29 is 14.2 Å². The maximum absolute atomic E-state index is 13.4. The first-order valence-electron chi connectivity index (χ1n) is 17.7. The number of hydrogen-bond acceptors (Lipinski definition) is 5. The molecule has 1 heterocycles. The second kappa shape index (κ2) is 18.1. The van der Waals surface area contributed by atoms with E-state index in [0.717, 1.165) is 77.2 Å². The lowest BCUT2D eigenvalue weighted by atomic mass is 9.74. The van der Waals surface area contributed by atoms with E-state index in [-0.39, 0.29) is 23.6 Å². The van der Waals surface area contributed by atoms with E-state index in [2.05, 4.69) is 89.2 Å². The van der Waals surface area contributed by atoms with Crippen molar-refractivity contribution in [1.82, 2.24) is 4.67 Å². The van der Waals surface area contributed by atoms with E-state index in [9.17, 15) is 10.2 Å². The van der Waals surface area contributed by atoms with Gasteiger partial charge in [0, 0.05) is 30.0 Å². The van der Waals surface area contributed by atoms with Gasteiger partial charge in [0.1, 0.15) is 17.1 Å². The first-order valence-corrected chi connectivity index (χ1v) is 18.9. The Balaban J connectivity index is 2.13. The van der Waals surface area contributed by atoms with Crippen molar-refractivity contribution in [3.05, 3.63) is 22.3 Å². The Bertz CT molecular complexity index is 1060. The largest absolute Gasteiger partial charge is 0.786 e. The highest BCUT2D eigenvalue weighted by Gasteiger charge is 2.42. The van der Waals surface area contributed by atoms with Gasteiger partial charge in [-0.1, -0.05) is 72.6 Å². The molecule has 0 amide bonds. The van der Waals surface area contributed by atoms with Gasteiger partial charge in [-0.15, -0.1) is 0 Å². The van der Waals surface area contributed by atoms with E-state index in [1.54, 1.807) is 0 Å². The fourth-order valence-corrected chi connectivity index (χ4v) is 8.51. The molecule has 1 aromatic rings. The van der Waals surface area contributed by atoms with Gasteiger partial charge < -0.3 is 14.2 Å². The molecule has 0 bridgehead atoms. The van der Waals surface area contributed by atoms with Crippen LogP contribution >= 0.6 is 8.53 Å². The molecule has 5 nitrogen and oxygen atoms in total.